The third-order valence-electron chi connectivity index (χ3n) is 2.97. The fraction of sp³-hybridized carbons (Fsp3) is 0.250. The molecule has 0 bridgehead atoms. The molecule has 0 saturated heterocycles. The minimum atomic E-state index is -0.528. The summed E-state index contributed by atoms with van der Waals surface area (Å²) in [7, 11) is 0. The molecular weight excluding hydrogens is 260 g/mol. The molecule has 0 amide bonds. The Labute approximate surface area is 118 Å². The maximum Gasteiger partial charge on any atom is 0.146 e. The minimum Gasteiger partial charge on any atom is -0.455 e. The Balaban J connectivity index is 2.35. The lowest BCUT2D eigenvalue weighted by Crippen LogP contribution is -1.98. The Morgan fingerprint density at radius 2 is 1.89 bits per heavy atom. The SMILES string of the molecule is CCC(O)c1ccccc1Oc1cc(C)ccc1Cl. The molecule has 0 heterocycles. The van der Waals surface area contributed by atoms with Gasteiger partial charge in [0.25, 0.3) is 0 Å². The molecule has 2 aromatic rings. The number of para-hydroxylation sites is 1. The van der Waals surface area contributed by atoms with E-state index in [1.807, 2.05) is 56.3 Å². The fourth-order valence-corrected chi connectivity index (χ4v) is 2.03. The molecule has 100 valence electrons. The monoisotopic (exact) mass is 276 g/mol. The predicted octanol–water partition coefficient (Wildman–Crippen LogP) is 4.88. The van der Waals surface area contributed by atoms with E-state index in [2.05, 4.69) is 0 Å². The summed E-state index contributed by atoms with van der Waals surface area (Å²) >= 11 is 6.12. The van der Waals surface area contributed by atoms with E-state index in [-0.39, 0.29) is 0 Å². The summed E-state index contributed by atoms with van der Waals surface area (Å²) in [5, 5.41) is 10.6. The fourth-order valence-electron chi connectivity index (χ4n) is 1.88. The third-order valence-corrected chi connectivity index (χ3v) is 3.28. The molecule has 0 aliphatic rings. The molecule has 0 aromatic heterocycles. The summed E-state index contributed by atoms with van der Waals surface area (Å²) in [4.78, 5) is 0. The van der Waals surface area contributed by atoms with Crippen LogP contribution in [-0.2, 0) is 0 Å². The molecular formula is C16H17ClO2. The molecule has 1 N–H and O–H groups in total. The van der Waals surface area contributed by atoms with Crippen LogP contribution in [0, 0.1) is 6.92 Å². The summed E-state index contributed by atoms with van der Waals surface area (Å²) in [5.41, 5.74) is 1.86. The van der Waals surface area contributed by atoms with Crippen molar-refractivity contribution >= 4 is 11.6 Å². The first kappa shape index (κ1) is 13.9. The lowest BCUT2D eigenvalue weighted by Gasteiger charge is -2.15. The molecule has 1 unspecified atom stereocenters. The number of aliphatic hydroxyl groups excluding tert-OH is 1. The van der Waals surface area contributed by atoms with Gasteiger partial charge >= 0.3 is 0 Å². The van der Waals surface area contributed by atoms with Gasteiger partial charge < -0.3 is 9.84 Å². The minimum absolute atomic E-state index is 0.528. The molecule has 2 rings (SSSR count). The number of hydrogen-bond acceptors (Lipinski definition) is 2. The summed E-state index contributed by atoms with van der Waals surface area (Å²) in [5.74, 6) is 1.25. The lowest BCUT2D eigenvalue weighted by atomic mass is 10.1. The number of rotatable bonds is 4. The summed E-state index contributed by atoms with van der Waals surface area (Å²) < 4.78 is 5.85. The van der Waals surface area contributed by atoms with Crippen molar-refractivity contribution in [2.75, 3.05) is 0 Å². The molecule has 2 aromatic carbocycles. The normalized spacial score (nSPS) is 12.2. The van der Waals surface area contributed by atoms with Crippen LogP contribution in [0.4, 0.5) is 0 Å². The highest BCUT2D eigenvalue weighted by Gasteiger charge is 2.13. The Kier molecular flexibility index (Phi) is 4.46. The van der Waals surface area contributed by atoms with Gasteiger partial charge in [0.1, 0.15) is 11.5 Å². The van der Waals surface area contributed by atoms with Crippen LogP contribution < -0.4 is 4.74 Å². The van der Waals surface area contributed by atoms with Crippen molar-refractivity contribution in [2.45, 2.75) is 26.4 Å². The van der Waals surface area contributed by atoms with Crippen LogP contribution in [0.3, 0.4) is 0 Å². The van der Waals surface area contributed by atoms with Crippen LogP contribution in [-0.4, -0.2) is 5.11 Å². The van der Waals surface area contributed by atoms with Gasteiger partial charge in [-0.2, -0.15) is 0 Å². The van der Waals surface area contributed by atoms with Gasteiger partial charge in [0.15, 0.2) is 0 Å². The van der Waals surface area contributed by atoms with Crippen LogP contribution in [0.5, 0.6) is 11.5 Å². The smallest absolute Gasteiger partial charge is 0.146 e. The number of aliphatic hydroxyl groups is 1. The average Bonchev–Trinajstić information content (AvgIpc) is 2.42. The van der Waals surface area contributed by atoms with Crippen molar-refractivity contribution in [1.29, 1.82) is 0 Å². The van der Waals surface area contributed by atoms with E-state index in [4.69, 9.17) is 16.3 Å². The zero-order valence-electron chi connectivity index (χ0n) is 11.1. The number of halogens is 1. The molecule has 0 radical (unpaired) electrons. The maximum atomic E-state index is 10.00. The second kappa shape index (κ2) is 6.09. The van der Waals surface area contributed by atoms with Gasteiger partial charge in [0.2, 0.25) is 0 Å². The third kappa shape index (κ3) is 3.28. The largest absolute Gasteiger partial charge is 0.455 e. The molecule has 0 saturated carbocycles. The summed E-state index contributed by atoms with van der Waals surface area (Å²) in [6, 6.07) is 13.1. The van der Waals surface area contributed by atoms with Gasteiger partial charge in [-0.15, -0.1) is 0 Å². The van der Waals surface area contributed by atoms with Crippen molar-refractivity contribution in [1.82, 2.24) is 0 Å². The molecule has 1 atom stereocenters. The Morgan fingerprint density at radius 3 is 2.63 bits per heavy atom. The van der Waals surface area contributed by atoms with E-state index >= 15 is 0 Å². The zero-order valence-corrected chi connectivity index (χ0v) is 11.8. The maximum absolute atomic E-state index is 10.00. The first-order valence-corrected chi connectivity index (χ1v) is 6.70. The van der Waals surface area contributed by atoms with Crippen molar-refractivity contribution in [3.8, 4) is 11.5 Å². The Morgan fingerprint density at radius 1 is 1.16 bits per heavy atom. The van der Waals surface area contributed by atoms with Crippen LogP contribution >= 0.6 is 11.6 Å². The highest BCUT2D eigenvalue weighted by atomic mass is 35.5. The summed E-state index contributed by atoms with van der Waals surface area (Å²) in [6.45, 7) is 3.91. The number of ether oxygens (including phenoxy) is 1. The topological polar surface area (TPSA) is 29.5 Å². The first-order valence-electron chi connectivity index (χ1n) is 6.32. The molecule has 0 aliphatic heterocycles. The van der Waals surface area contributed by atoms with E-state index < -0.39 is 6.10 Å². The van der Waals surface area contributed by atoms with E-state index in [0.29, 0.717) is 22.9 Å². The van der Waals surface area contributed by atoms with E-state index in [1.54, 1.807) is 0 Å². The van der Waals surface area contributed by atoms with Crippen LogP contribution in [0.1, 0.15) is 30.6 Å². The highest BCUT2D eigenvalue weighted by Crippen LogP contribution is 2.34. The van der Waals surface area contributed by atoms with Gasteiger partial charge in [-0.1, -0.05) is 42.8 Å². The van der Waals surface area contributed by atoms with Gasteiger partial charge in [0.05, 0.1) is 11.1 Å². The Hall–Kier alpha value is -1.51. The van der Waals surface area contributed by atoms with E-state index in [1.165, 1.54) is 0 Å². The zero-order chi connectivity index (χ0) is 13.8. The number of hydrogen-bond donors (Lipinski definition) is 1. The van der Waals surface area contributed by atoms with E-state index in [0.717, 1.165) is 11.1 Å². The van der Waals surface area contributed by atoms with E-state index in [9.17, 15) is 5.11 Å². The highest BCUT2D eigenvalue weighted by molar-refractivity contribution is 6.32. The molecule has 3 heteroatoms. The van der Waals surface area contributed by atoms with Crippen LogP contribution in [0.2, 0.25) is 5.02 Å². The molecule has 0 fully saturated rings. The molecule has 0 aliphatic carbocycles. The molecule has 2 nitrogen and oxygen atoms in total. The first-order chi connectivity index (χ1) is 9.11. The van der Waals surface area contributed by atoms with Crippen LogP contribution in [0.25, 0.3) is 0 Å². The second-order valence-electron chi connectivity index (χ2n) is 4.50. The lowest BCUT2D eigenvalue weighted by molar-refractivity contribution is 0.170. The van der Waals surface area contributed by atoms with Crippen molar-refractivity contribution in [3.63, 3.8) is 0 Å². The molecule has 0 spiro atoms. The van der Waals surface area contributed by atoms with Crippen molar-refractivity contribution in [2.24, 2.45) is 0 Å². The van der Waals surface area contributed by atoms with Crippen molar-refractivity contribution < 1.29 is 9.84 Å². The number of benzene rings is 2. The van der Waals surface area contributed by atoms with Crippen LogP contribution in [0.15, 0.2) is 42.5 Å². The standard InChI is InChI=1S/C16H17ClO2/c1-3-14(18)12-6-4-5-7-15(12)19-16-10-11(2)8-9-13(16)17/h4-10,14,18H,3H2,1-2H3. The average molecular weight is 277 g/mol. The van der Waals surface area contributed by atoms with Gasteiger partial charge in [-0.3, -0.25) is 0 Å². The molecule has 19 heavy (non-hydrogen) atoms. The second-order valence-corrected chi connectivity index (χ2v) is 4.91. The Bertz CT molecular complexity index is 566. The number of aryl methyl sites for hydroxylation is 1. The van der Waals surface area contributed by atoms with Crippen molar-refractivity contribution in [3.05, 3.63) is 58.6 Å². The quantitative estimate of drug-likeness (QED) is 0.862. The summed E-state index contributed by atoms with van der Waals surface area (Å²) in [6.07, 6.45) is 0.113. The van der Waals surface area contributed by atoms with Gasteiger partial charge in [-0.05, 0) is 37.1 Å². The van der Waals surface area contributed by atoms with Gasteiger partial charge in [0, 0.05) is 5.56 Å². The van der Waals surface area contributed by atoms with Gasteiger partial charge in [-0.25, -0.2) is 0 Å². The predicted molar refractivity (Wildman–Crippen MR) is 78.0 cm³/mol.